The van der Waals surface area contributed by atoms with Crippen molar-refractivity contribution in [1.82, 2.24) is 5.32 Å². The highest BCUT2D eigenvalue weighted by Crippen LogP contribution is 2.26. The van der Waals surface area contributed by atoms with Crippen LogP contribution in [0.3, 0.4) is 0 Å². The first-order valence-corrected chi connectivity index (χ1v) is 9.91. The summed E-state index contributed by atoms with van der Waals surface area (Å²) in [7, 11) is 0. The monoisotopic (exact) mass is 414 g/mol. The quantitative estimate of drug-likeness (QED) is 0.706. The van der Waals surface area contributed by atoms with E-state index in [4.69, 9.17) is 16.3 Å². The zero-order chi connectivity index (χ0) is 20.8. The predicted octanol–water partition coefficient (Wildman–Crippen LogP) is 3.11. The summed E-state index contributed by atoms with van der Waals surface area (Å²) in [6.45, 7) is 2.27. The first-order chi connectivity index (χ1) is 14.0. The highest BCUT2D eigenvalue weighted by molar-refractivity contribution is 6.30. The molecule has 0 bridgehead atoms. The number of aryl methyl sites for hydroxylation is 1. The summed E-state index contributed by atoms with van der Waals surface area (Å²) in [6, 6.07) is 14.8. The van der Waals surface area contributed by atoms with Crippen LogP contribution in [0.1, 0.15) is 24.5 Å². The maximum Gasteiger partial charge on any atom is 0.311 e. The number of benzene rings is 2. The maximum atomic E-state index is 12.3. The molecular weight excluding hydrogens is 392 g/mol. The van der Waals surface area contributed by atoms with Gasteiger partial charge in [-0.2, -0.15) is 0 Å². The van der Waals surface area contributed by atoms with Gasteiger partial charge in [0.25, 0.3) is 5.91 Å². The molecule has 0 spiro atoms. The Balaban J connectivity index is 1.46. The Labute approximate surface area is 174 Å². The summed E-state index contributed by atoms with van der Waals surface area (Å²) in [5.74, 6) is -1.63. The van der Waals surface area contributed by atoms with Crippen LogP contribution in [0.25, 0.3) is 0 Å². The van der Waals surface area contributed by atoms with Gasteiger partial charge in [0.05, 0.1) is 5.92 Å². The second kappa shape index (κ2) is 9.56. The fraction of sp³-hybridized carbons (Fsp3) is 0.318. The van der Waals surface area contributed by atoms with Crippen LogP contribution < -0.4 is 10.2 Å². The van der Waals surface area contributed by atoms with Crippen molar-refractivity contribution < 1.29 is 19.1 Å². The standard InChI is InChI=1S/C22H23ClN2O4/c1-2-15-5-9-19(10-6-15)25-13-17(11-21(25)27)22(28)29-14-20(26)24-12-16-3-7-18(23)8-4-16/h3-10,17H,2,11-14H2,1H3,(H,24,26)/t17-/m0/s1. The van der Waals surface area contributed by atoms with E-state index in [-0.39, 0.29) is 25.5 Å². The van der Waals surface area contributed by atoms with E-state index in [1.165, 1.54) is 5.56 Å². The number of halogens is 1. The molecule has 29 heavy (non-hydrogen) atoms. The average molecular weight is 415 g/mol. The minimum Gasteiger partial charge on any atom is -0.455 e. The van der Waals surface area contributed by atoms with Gasteiger partial charge in [-0.3, -0.25) is 14.4 Å². The first-order valence-electron chi connectivity index (χ1n) is 9.53. The fourth-order valence-electron chi connectivity index (χ4n) is 3.14. The smallest absolute Gasteiger partial charge is 0.311 e. The number of amides is 2. The van der Waals surface area contributed by atoms with Crippen LogP contribution in [-0.4, -0.2) is 30.9 Å². The van der Waals surface area contributed by atoms with Crippen molar-refractivity contribution in [3.63, 3.8) is 0 Å². The lowest BCUT2D eigenvalue weighted by molar-refractivity contribution is -0.152. The summed E-state index contributed by atoms with van der Waals surface area (Å²) in [5.41, 5.74) is 2.84. The van der Waals surface area contributed by atoms with Gasteiger partial charge in [-0.15, -0.1) is 0 Å². The van der Waals surface area contributed by atoms with Gasteiger partial charge in [-0.25, -0.2) is 0 Å². The Morgan fingerprint density at radius 3 is 2.41 bits per heavy atom. The lowest BCUT2D eigenvalue weighted by Crippen LogP contribution is -2.31. The van der Waals surface area contributed by atoms with Crippen molar-refractivity contribution in [2.75, 3.05) is 18.1 Å². The number of carbonyl (C=O) groups is 3. The number of nitrogens with zero attached hydrogens (tertiary/aromatic N) is 1. The molecule has 2 amide bonds. The van der Waals surface area contributed by atoms with E-state index in [1.54, 1.807) is 29.2 Å². The van der Waals surface area contributed by atoms with Crippen LogP contribution in [0, 0.1) is 5.92 Å². The van der Waals surface area contributed by atoms with Crippen LogP contribution >= 0.6 is 11.6 Å². The van der Waals surface area contributed by atoms with E-state index in [2.05, 4.69) is 12.2 Å². The van der Waals surface area contributed by atoms with Gasteiger partial charge in [-0.05, 0) is 41.8 Å². The van der Waals surface area contributed by atoms with Crippen LogP contribution in [0.5, 0.6) is 0 Å². The lowest BCUT2D eigenvalue weighted by Gasteiger charge is -2.17. The number of hydrogen-bond acceptors (Lipinski definition) is 4. The second-order valence-corrected chi connectivity index (χ2v) is 7.37. The topological polar surface area (TPSA) is 75.7 Å². The number of carbonyl (C=O) groups excluding carboxylic acids is 3. The van der Waals surface area contributed by atoms with Gasteiger partial charge in [-0.1, -0.05) is 42.8 Å². The van der Waals surface area contributed by atoms with Gasteiger partial charge in [0.15, 0.2) is 6.61 Å². The van der Waals surface area contributed by atoms with E-state index in [0.717, 1.165) is 17.7 Å². The van der Waals surface area contributed by atoms with Gasteiger partial charge >= 0.3 is 5.97 Å². The minimum absolute atomic E-state index is 0.0841. The Bertz CT molecular complexity index is 881. The Morgan fingerprint density at radius 1 is 1.10 bits per heavy atom. The molecule has 1 aliphatic rings. The second-order valence-electron chi connectivity index (χ2n) is 6.94. The molecule has 3 rings (SSSR count). The number of hydrogen-bond donors (Lipinski definition) is 1. The molecule has 7 heteroatoms. The molecule has 152 valence electrons. The third-order valence-corrected chi connectivity index (χ3v) is 5.12. The Hall–Kier alpha value is -2.86. The van der Waals surface area contributed by atoms with Crippen molar-refractivity contribution in [3.05, 3.63) is 64.7 Å². The van der Waals surface area contributed by atoms with Crippen molar-refractivity contribution in [2.45, 2.75) is 26.3 Å². The molecule has 0 saturated carbocycles. The third kappa shape index (κ3) is 5.57. The summed E-state index contributed by atoms with van der Waals surface area (Å²) >= 11 is 5.82. The number of nitrogens with one attached hydrogen (secondary N) is 1. The molecular formula is C22H23ClN2O4. The van der Waals surface area contributed by atoms with E-state index in [0.29, 0.717) is 11.6 Å². The van der Waals surface area contributed by atoms with Gasteiger partial charge in [0, 0.05) is 30.2 Å². The number of ether oxygens (including phenoxy) is 1. The van der Waals surface area contributed by atoms with E-state index >= 15 is 0 Å². The number of anilines is 1. The molecule has 0 aromatic heterocycles. The largest absolute Gasteiger partial charge is 0.455 e. The van der Waals surface area contributed by atoms with Crippen LogP contribution in [0.2, 0.25) is 5.02 Å². The van der Waals surface area contributed by atoms with Gasteiger partial charge in [0.1, 0.15) is 0 Å². The van der Waals surface area contributed by atoms with E-state index in [9.17, 15) is 14.4 Å². The number of rotatable bonds is 7. The average Bonchev–Trinajstić information content (AvgIpc) is 3.13. The first kappa shape index (κ1) is 20.9. The summed E-state index contributed by atoms with van der Waals surface area (Å²) in [4.78, 5) is 38.1. The summed E-state index contributed by atoms with van der Waals surface area (Å²) in [5, 5.41) is 3.30. The third-order valence-electron chi connectivity index (χ3n) is 4.86. The van der Waals surface area contributed by atoms with Crippen LogP contribution in [0.15, 0.2) is 48.5 Å². The number of esters is 1. The molecule has 2 aromatic carbocycles. The highest BCUT2D eigenvalue weighted by Gasteiger charge is 2.36. The highest BCUT2D eigenvalue weighted by atomic mass is 35.5. The van der Waals surface area contributed by atoms with Gasteiger partial charge < -0.3 is 15.0 Å². The molecule has 2 aromatic rings. The zero-order valence-corrected chi connectivity index (χ0v) is 16.9. The van der Waals surface area contributed by atoms with Crippen LogP contribution in [0.4, 0.5) is 5.69 Å². The van der Waals surface area contributed by atoms with Crippen molar-refractivity contribution in [3.8, 4) is 0 Å². The van der Waals surface area contributed by atoms with Crippen LogP contribution in [-0.2, 0) is 32.1 Å². The molecule has 1 N–H and O–H groups in total. The lowest BCUT2D eigenvalue weighted by atomic mass is 10.1. The molecule has 1 aliphatic heterocycles. The van der Waals surface area contributed by atoms with E-state index in [1.807, 2.05) is 24.3 Å². The molecule has 1 fully saturated rings. The normalized spacial score (nSPS) is 16.0. The molecule has 6 nitrogen and oxygen atoms in total. The summed E-state index contributed by atoms with van der Waals surface area (Å²) < 4.78 is 5.11. The molecule has 1 heterocycles. The predicted molar refractivity (Wildman–Crippen MR) is 111 cm³/mol. The Kier molecular flexibility index (Phi) is 6.88. The Morgan fingerprint density at radius 2 is 1.76 bits per heavy atom. The maximum absolute atomic E-state index is 12.3. The van der Waals surface area contributed by atoms with E-state index < -0.39 is 17.8 Å². The van der Waals surface area contributed by atoms with Gasteiger partial charge in [0.2, 0.25) is 5.91 Å². The SMILES string of the molecule is CCc1ccc(N2C[C@@H](C(=O)OCC(=O)NCc3ccc(Cl)cc3)CC2=O)cc1. The molecule has 0 radical (unpaired) electrons. The molecule has 1 saturated heterocycles. The fourth-order valence-corrected chi connectivity index (χ4v) is 3.26. The minimum atomic E-state index is -0.572. The van der Waals surface area contributed by atoms with Crippen molar-refractivity contribution >= 4 is 35.1 Å². The zero-order valence-electron chi connectivity index (χ0n) is 16.2. The molecule has 1 atom stereocenters. The molecule has 0 aliphatic carbocycles. The molecule has 0 unspecified atom stereocenters. The van der Waals surface area contributed by atoms with Crippen molar-refractivity contribution in [1.29, 1.82) is 0 Å². The van der Waals surface area contributed by atoms with Crippen molar-refractivity contribution in [2.24, 2.45) is 5.92 Å². The summed E-state index contributed by atoms with van der Waals surface area (Å²) in [6.07, 6.45) is 1.00.